The third-order valence-corrected chi connectivity index (χ3v) is 5.96. The highest BCUT2D eigenvalue weighted by Crippen LogP contribution is 2.31. The number of benzene rings is 1. The number of nitrogens with one attached hydrogen (secondary N) is 1. The van der Waals surface area contributed by atoms with E-state index in [-0.39, 0.29) is 11.8 Å². The van der Waals surface area contributed by atoms with Crippen LogP contribution in [0.2, 0.25) is 5.02 Å². The van der Waals surface area contributed by atoms with Crippen molar-refractivity contribution in [3.63, 3.8) is 0 Å². The van der Waals surface area contributed by atoms with Crippen molar-refractivity contribution in [3.05, 3.63) is 34.9 Å². The summed E-state index contributed by atoms with van der Waals surface area (Å²) in [5.74, 6) is -0.122. The van der Waals surface area contributed by atoms with Crippen LogP contribution in [0.5, 0.6) is 0 Å². The number of thioether (sulfide) groups is 1. The molecule has 2 fully saturated rings. The minimum absolute atomic E-state index is 0.0581. The molecule has 8 heteroatoms. The van der Waals surface area contributed by atoms with Gasteiger partial charge in [0.25, 0.3) is 5.91 Å². The van der Waals surface area contributed by atoms with Gasteiger partial charge in [0.15, 0.2) is 5.79 Å². The molecule has 3 rings (SSSR count). The molecule has 1 atom stereocenters. The predicted octanol–water partition coefficient (Wildman–Crippen LogP) is 2.56. The number of halogens is 1. The number of hydrogen-bond donors (Lipinski definition) is 1. The van der Waals surface area contributed by atoms with Gasteiger partial charge in [-0.3, -0.25) is 9.59 Å². The quantitative estimate of drug-likeness (QED) is 0.777. The zero-order chi connectivity index (χ0) is 19.3. The summed E-state index contributed by atoms with van der Waals surface area (Å²) in [7, 11) is 0. The molecule has 1 spiro atoms. The summed E-state index contributed by atoms with van der Waals surface area (Å²) in [5, 5.41) is 3.25. The largest absolute Gasteiger partial charge is 0.347 e. The highest BCUT2D eigenvalue weighted by molar-refractivity contribution is 7.98. The Bertz CT molecular complexity index is 671. The van der Waals surface area contributed by atoms with Crippen LogP contribution in [-0.4, -0.2) is 66.9 Å². The smallest absolute Gasteiger partial charge is 0.253 e. The fourth-order valence-corrected chi connectivity index (χ4v) is 4.14. The van der Waals surface area contributed by atoms with Crippen LogP contribution < -0.4 is 5.32 Å². The molecule has 6 nitrogen and oxygen atoms in total. The molecule has 0 aromatic heterocycles. The molecule has 2 saturated heterocycles. The molecule has 148 valence electrons. The van der Waals surface area contributed by atoms with Gasteiger partial charge in [0.1, 0.15) is 6.04 Å². The van der Waals surface area contributed by atoms with Crippen LogP contribution >= 0.6 is 23.4 Å². The summed E-state index contributed by atoms with van der Waals surface area (Å²) in [6, 6.07) is 6.28. The van der Waals surface area contributed by atoms with Crippen molar-refractivity contribution in [2.45, 2.75) is 31.1 Å². The molecule has 1 unspecified atom stereocenters. The Hall–Kier alpha value is -1.28. The third-order valence-electron chi connectivity index (χ3n) is 4.98. The molecule has 2 aliphatic rings. The summed E-state index contributed by atoms with van der Waals surface area (Å²) in [5.41, 5.74) is 0.381. The lowest BCUT2D eigenvalue weighted by Gasteiger charge is -2.38. The van der Waals surface area contributed by atoms with Gasteiger partial charge in [-0.05, 0) is 30.6 Å². The molecule has 0 aliphatic carbocycles. The van der Waals surface area contributed by atoms with E-state index in [1.807, 2.05) is 6.26 Å². The fraction of sp³-hybridized carbons (Fsp3) is 0.579. The van der Waals surface area contributed by atoms with E-state index in [1.54, 1.807) is 40.9 Å². The minimum Gasteiger partial charge on any atom is -0.347 e. The maximum atomic E-state index is 13.0. The number of hydrogen-bond acceptors (Lipinski definition) is 5. The van der Waals surface area contributed by atoms with Crippen molar-refractivity contribution in [1.82, 2.24) is 10.2 Å². The van der Waals surface area contributed by atoms with E-state index >= 15 is 0 Å². The lowest BCUT2D eigenvalue weighted by Crippen LogP contribution is -2.54. The molecule has 2 amide bonds. The SMILES string of the molecule is CSCCC(NC(=O)c1ccccc1Cl)C(=O)N1CCC2(CC1)OCCO2. The summed E-state index contributed by atoms with van der Waals surface area (Å²) in [4.78, 5) is 27.5. The first-order valence-electron chi connectivity index (χ1n) is 9.16. The summed E-state index contributed by atoms with van der Waals surface area (Å²) in [6.07, 6.45) is 3.88. The Morgan fingerprint density at radius 2 is 1.93 bits per heavy atom. The Balaban J connectivity index is 1.64. The molecule has 2 aliphatic heterocycles. The van der Waals surface area contributed by atoms with Crippen LogP contribution in [-0.2, 0) is 14.3 Å². The van der Waals surface area contributed by atoms with E-state index in [9.17, 15) is 9.59 Å². The van der Waals surface area contributed by atoms with E-state index < -0.39 is 11.8 Å². The van der Waals surface area contributed by atoms with Crippen molar-refractivity contribution < 1.29 is 19.1 Å². The standard InChI is InChI=1S/C19H25ClN2O4S/c1-27-13-6-16(21-17(23)14-4-2-3-5-15(14)20)18(24)22-9-7-19(8-10-22)25-11-12-26-19/h2-5,16H,6-13H2,1H3,(H,21,23). The molecular formula is C19H25ClN2O4S. The van der Waals surface area contributed by atoms with E-state index in [0.717, 1.165) is 5.75 Å². The van der Waals surface area contributed by atoms with Crippen molar-refractivity contribution in [2.24, 2.45) is 0 Å². The lowest BCUT2D eigenvalue weighted by atomic mass is 10.0. The van der Waals surface area contributed by atoms with E-state index in [4.69, 9.17) is 21.1 Å². The first-order valence-corrected chi connectivity index (χ1v) is 10.9. The number of rotatable bonds is 6. The van der Waals surface area contributed by atoms with Gasteiger partial charge in [-0.1, -0.05) is 23.7 Å². The maximum absolute atomic E-state index is 13.0. The number of likely N-dealkylation sites (tertiary alicyclic amines) is 1. The minimum atomic E-state index is -0.569. The normalized spacial score (nSPS) is 19.9. The molecule has 0 saturated carbocycles. The highest BCUT2D eigenvalue weighted by atomic mass is 35.5. The van der Waals surface area contributed by atoms with E-state index in [0.29, 0.717) is 56.2 Å². The zero-order valence-corrected chi connectivity index (χ0v) is 17.0. The summed E-state index contributed by atoms with van der Waals surface area (Å²) < 4.78 is 11.4. The second-order valence-electron chi connectivity index (χ2n) is 6.72. The number of amides is 2. The molecular weight excluding hydrogens is 388 g/mol. The second kappa shape index (κ2) is 9.28. The molecule has 0 radical (unpaired) electrons. The van der Waals surface area contributed by atoms with Crippen LogP contribution in [0.15, 0.2) is 24.3 Å². The Labute approximate surface area is 168 Å². The van der Waals surface area contributed by atoms with Gasteiger partial charge in [0, 0.05) is 25.9 Å². The summed E-state index contributed by atoms with van der Waals surface area (Å²) >= 11 is 7.76. The molecule has 2 heterocycles. The first kappa shape index (κ1) is 20.5. The fourth-order valence-electron chi connectivity index (χ4n) is 3.45. The number of piperidine rings is 1. The van der Waals surface area contributed by atoms with Crippen LogP contribution in [0.25, 0.3) is 0 Å². The van der Waals surface area contributed by atoms with Crippen molar-refractivity contribution in [1.29, 1.82) is 0 Å². The van der Waals surface area contributed by atoms with Crippen LogP contribution in [0, 0.1) is 0 Å². The first-order chi connectivity index (χ1) is 13.0. The lowest BCUT2D eigenvalue weighted by molar-refractivity contribution is -0.187. The van der Waals surface area contributed by atoms with Gasteiger partial charge in [-0.15, -0.1) is 0 Å². The summed E-state index contributed by atoms with van der Waals surface area (Å²) in [6.45, 7) is 2.35. The van der Waals surface area contributed by atoms with Gasteiger partial charge in [0.2, 0.25) is 5.91 Å². The van der Waals surface area contributed by atoms with Gasteiger partial charge in [-0.25, -0.2) is 0 Å². The van der Waals surface area contributed by atoms with Crippen molar-refractivity contribution >= 4 is 35.2 Å². The van der Waals surface area contributed by atoms with Gasteiger partial charge in [-0.2, -0.15) is 11.8 Å². The average molecular weight is 413 g/mol. The monoisotopic (exact) mass is 412 g/mol. The third kappa shape index (κ3) is 4.96. The van der Waals surface area contributed by atoms with E-state index in [2.05, 4.69) is 5.32 Å². The van der Waals surface area contributed by atoms with Crippen molar-refractivity contribution in [2.75, 3.05) is 38.3 Å². The second-order valence-corrected chi connectivity index (χ2v) is 8.11. The zero-order valence-electron chi connectivity index (χ0n) is 15.4. The average Bonchev–Trinajstić information content (AvgIpc) is 3.13. The van der Waals surface area contributed by atoms with Gasteiger partial charge < -0.3 is 19.7 Å². The van der Waals surface area contributed by atoms with E-state index in [1.165, 1.54) is 0 Å². The molecule has 1 aromatic carbocycles. The molecule has 1 N–H and O–H groups in total. The Kier molecular flexibility index (Phi) is 7.03. The van der Waals surface area contributed by atoms with Crippen LogP contribution in [0.3, 0.4) is 0 Å². The number of nitrogens with zero attached hydrogens (tertiary/aromatic N) is 1. The van der Waals surface area contributed by atoms with Crippen LogP contribution in [0.4, 0.5) is 0 Å². The van der Waals surface area contributed by atoms with Gasteiger partial charge in [0.05, 0.1) is 23.8 Å². The molecule has 0 bridgehead atoms. The maximum Gasteiger partial charge on any atom is 0.253 e. The number of carbonyl (C=O) groups excluding carboxylic acids is 2. The Morgan fingerprint density at radius 1 is 1.26 bits per heavy atom. The topological polar surface area (TPSA) is 67.9 Å². The molecule has 27 heavy (non-hydrogen) atoms. The highest BCUT2D eigenvalue weighted by Gasteiger charge is 2.41. The predicted molar refractivity (Wildman–Crippen MR) is 106 cm³/mol. The number of ether oxygens (including phenoxy) is 2. The number of carbonyl (C=O) groups is 2. The van der Waals surface area contributed by atoms with Crippen LogP contribution in [0.1, 0.15) is 29.6 Å². The van der Waals surface area contributed by atoms with Gasteiger partial charge >= 0.3 is 0 Å². The Morgan fingerprint density at radius 3 is 2.56 bits per heavy atom. The van der Waals surface area contributed by atoms with Crippen molar-refractivity contribution in [3.8, 4) is 0 Å². The molecule has 1 aromatic rings.